The number of aliphatic carboxylic acids is 1. The van der Waals surface area contributed by atoms with Gasteiger partial charge < -0.3 is 14.8 Å². The van der Waals surface area contributed by atoms with Crippen molar-refractivity contribution in [2.45, 2.75) is 13.3 Å². The quantitative estimate of drug-likeness (QED) is 0.647. The summed E-state index contributed by atoms with van der Waals surface area (Å²) < 4.78 is 4.91. The maximum absolute atomic E-state index is 11.5. The van der Waals surface area contributed by atoms with E-state index in [1.54, 1.807) is 13.1 Å². The van der Waals surface area contributed by atoms with Crippen molar-refractivity contribution in [3.63, 3.8) is 0 Å². The summed E-state index contributed by atoms with van der Waals surface area (Å²) in [5, 5.41) is 9.54. The lowest BCUT2D eigenvalue weighted by molar-refractivity contribution is -0.142. The van der Waals surface area contributed by atoms with Crippen molar-refractivity contribution in [2.24, 2.45) is 0 Å². The third-order valence-corrected chi connectivity index (χ3v) is 2.84. The van der Waals surface area contributed by atoms with Crippen LogP contribution in [0, 0.1) is 0 Å². The predicted molar refractivity (Wildman–Crippen MR) is 75.3 cm³/mol. The number of fused-ring (bicyclic) bond motifs is 1. The van der Waals surface area contributed by atoms with Gasteiger partial charge in [-0.2, -0.15) is 0 Å². The Morgan fingerprint density at radius 3 is 2.90 bits per heavy atom. The molecule has 0 bridgehead atoms. The highest BCUT2D eigenvalue weighted by molar-refractivity contribution is 5.94. The summed E-state index contributed by atoms with van der Waals surface area (Å²) in [5.41, 5.74) is 2.50. The van der Waals surface area contributed by atoms with Crippen LogP contribution in [0.5, 0.6) is 0 Å². The van der Waals surface area contributed by atoms with Gasteiger partial charge in [0.05, 0.1) is 13.0 Å². The first-order chi connectivity index (χ1) is 9.60. The topological polar surface area (TPSA) is 79.4 Å². The average Bonchev–Trinajstić information content (AvgIpc) is 2.79. The molecule has 20 heavy (non-hydrogen) atoms. The van der Waals surface area contributed by atoms with Gasteiger partial charge in [-0.05, 0) is 30.7 Å². The van der Waals surface area contributed by atoms with Gasteiger partial charge in [-0.25, -0.2) is 4.79 Å². The normalized spacial score (nSPS) is 11.1. The maximum atomic E-state index is 11.5. The zero-order valence-corrected chi connectivity index (χ0v) is 11.1. The maximum Gasteiger partial charge on any atom is 0.328 e. The van der Waals surface area contributed by atoms with E-state index >= 15 is 0 Å². The van der Waals surface area contributed by atoms with Crippen molar-refractivity contribution in [3.8, 4) is 0 Å². The smallest absolute Gasteiger partial charge is 0.328 e. The SMILES string of the molecule is CCOC(=O)Cc1ccc2[nH]cc(C=CC(=O)O)c2c1. The highest BCUT2D eigenvalue weighted by Gasteiger charge is 2.07. The third-order valence-electron chi connectivity index (χ3n) is 2.84. The lowest BCUT2D eigenvalue weighted by atomic mass is 10.1. The van der Waals surface area contributed by atoms with Gasteiger partial charge in [-0.15, -0.1) is 0 Å². The summed E-state index contributed by atoms with van der Waals surface area (Å²) in [4.78, 5) is 25.1. The summed E-state index contributed by atoms with van der Waals surface area (Å²) in [7, 11) is 0. The third kappa shape index (κ3) is 3.26. The van der Waals surface area contributed by atoms with Crippen LogP contribution in [0.1, 0.15) is 18.1 Å². The number of ether oxygens (including phenoxy) is 1. The molecule has 0 amide bonds. The van der Waals surface area contributed by atoms with E-state index in [1.165, 1.54) is 6.08 Å². The number of H-pyrrole nitrogens is 1. The molecule has 104 valence electrons. The second kappa shape index (κ2) is 6.06. The van der Waals surface area contributed by atoms with Crippen molar-refractivity contribution < 1.29 is 19.4 Å². The standard InChI is InChI=1S/C15H15NO4/c1-2-20-15(19)8-10-3-5-13-12(7-10)11(9-16-13)4-6-14(17)18/h3-7,9,16H,2,8H2,1H3,(H,17,18). The number of nitrogens with one attached hydrogen (secondary N) is 1. The molecule has 0 aliphatic carbocycles. The van der Waals surface area contributed by atoms with Crippen LogP contribution in [-0.2, 0) is 20.7 Å². The van der Waals surface area contributed by atoms with Gasteiger partial charge in [0.2, 0.25) is 0 Å². The number of carboxylic acid groups (broad SMARTS) is 1. The van der Waals surface area contributed by atoms with Crippen LogP contribution in [0.3, 0.4) is 0 Å². The molecule has 5 nitrogen and oxygen atoms in total. The first kappa shape index (κ1) is 13.9. The lowest BCUT2D eigenvalue weighted by Gasteiger charge is -2.02. The molecule has 0 saturated carbocycles. The van der Waals surface area contributed by atoms with E-state index in [4.69, 9.17) is 9.84 Å². The largest absolute Gasteiger partial charge is 0.478 e. The Hall–Kier alpha value is -2.56. The molecule has 2 aromatic rings. The van der Waals surface area contributed by atoms with Crippen molar-refractivity contribution in [3.05, 3.63) is 41.6 Å². The predicted octanol–water partition coefficient (Wildman–Crippen LogP) is 2.37. The molecular weight excluding hydrogens is 258 g/mol. The Labute approximate surface area is 115 Å². The van der Waals surface area contributed by atoms with Crippen LogP contribution in [0.25, 0.3) is 17.0 Å². The monoisotopic (exact) mass is 273 g/mol. The number of carboxylic acids is 1. The molecule has 1 aromatic carbocycles. The Kier molecular flexibility index (Phi) is 4.20. The van der Waals surface area contributed by atoms with E-state index in [-0.39, 0.29) is 12.4 Å². The second-order valence-electron chi connectivity index (χ2n) is 4.28. The van der Waals surface area contributed by atoms with E-state index in [0.717, 1.165) is 28.1 Å². The molecule has 2 rings (SSSR count). The number of hydrogen-bond acceptors (Lipinski definition) is 3. The molecule has 0 radical (unpaired) electrons. The number of carbonyl (C=O) groups is 2. The minimum atomic E-state index is -0.998. The molecule has 2 N–H and O–H groups in total. The minimum absolute atomic E-state index is 0.205. The number of esters is 1. The Morgan fingerprint density at radius 2 is 2.20 bits per heavy atom. The van der Waals surface area contributed by atoms with Crippen molar-refractivity contribution in [2.75, 3.05) is 6.61 Å². The van der Waals surface area contributed by atoms with Crippen molar-refractivity contribution in [1.82, 2.24) is 4.98 Å². The molecule has 0 saturated heterocycles. The summed E-state index contributed by atoms with van der Waals surface area (Å²) in [6.45, 7) is 2.12. The number of carbonyl (C=O) groups excluding carboxylic acids is 1. The number of rotatable bonds is 5. The summed E-state index contributed by atoms with van der Waals surface area (Å²) in [5.74, 6) is -1.27. The molecule has 0 aliphatic heterocycles. The molecule has 0 atom stereocenters. The summed E-state index contributed by atoms with van der Waals surface area (Å²) >= 11 is 0. The Morgan fingerprint density at radius 1 is 1.40 bits per heavy atom. The van der Waals surface area contributed by atoms with Crippen LogP contribution in [0.4, 0.5) is 0 Å². The zero-order chi connectivity index (χ0) is 14.5. The van der Waals surface area contributed by atoms with E-state index in [0.29, 0.717) is 6.61 Å². The van der Waals surface area contributed by atoms with Gasteiger partial charge in [0.15, 0.2) is 0 Å². The first-order valence-corrected chi connectivity index (χ1v) is 6.26. The van der Waals surface area contributed by atoms with Gasteiger partial charge in [0.25, 0.3) is 0 Å². The lowest BCUT2D eigenvalue weighted by Crippen LogP contribution is -2.07. The highest BCUT2D eigenvalue weighted by Crippen LogP contribution is 2.21. The van der Waals surface area contributed by atoms with Gasteiger partial charge in [-0.3, -0.25) is 4.79 Å². The molecular formula is C15H15NO4. The van der Waals surface area contributed by atoms with E-state index in [9.17, 15) is 9.59 Å². The fraction of sp³-hybridized carbons (Fsp3) is 0.200. The van der Waals surface area contributed by atoms with E-state index < -0.39 is 5.97 Å². The molecule has 0 aliphatic rings. The van der Waals surface area contributed by atoms with Crippen LogP contribution < -0.4 is 0 Å². The number of aromatic nitrogens is 1. The van der Waals surface area contributed by atoms with E-state index in [2.05, 4.69) is 4.98 Å². The van der Waals surface area contributed by atoms with Crippen LogP contribution in [-0.4, -0.2) is 28.6 Å². The highest BCUT2D eigenvalue weighted by atomic mass is 16.5. The zero-order valence-electron chi connectivity index (χ0n) is 11.1. The molecule has 1 heterocycles. The van der Waals surface area contributed by atoms with Crippen molar-refractivity contribution in [1.29, 1.82) is 0 Å². The summed E-state index contributed by atoms with van der Waals surface area (Å²) in [6.07, 6.45) is 4.55. The Balaban J connectivity index is 2.29. The average molecular weight is 273 g/mol. The fourth-order valence-corrected chi connectivity index (χ4v) is 1.98. The van der Waals surface area contributed by atoms with Crippen LogP contribution in [0.15, 0.2) is 30.5 Å². The van der Waals surface area contributed by atoms with Crippen LogP contribution >= 0.6 is 0 Å². The number of aromatic amines is 1. The van der Waals surface area contributed by atoms with Gasteiger partial charge in [0, 0.05) is 28.7 Å². The van der Waals surface area contributed by atoms with Gasteiger partial charge >= 0.3 is 11.9 Å². The van der Waals surface area contributed by atoms with Gasteiger partial charge in [0.1, 0.15) is 0 Å². The molecule has 1 aromatic heterocycles. The summed E-state index contributed by atoms with van der Waals surface area (Å²) in [6, 6.07) is 5.58. The minimum Gasteiger partial charge on any atom is -0.478 e. The molecule has 5 heteroatoms. The molecule has 0 spiro atoms. The Bertz CT molecular complexity index is 670. The van der Waals surface area contributed by atoms with Gasteiger partial charge in [-0.1, -0.05) is 6.07 Å². The number of benzene rings is 1. The molecule has 0 fully saturated rings. The second-order valence-corrected chi connectivity index (χ2v) is 4.28. The fourth-order valence-electron chi connectivity index (χ4n) is 1.98. The van der Waals surface area contributed by atoms with E-state index in [1.807, 2.05) is 18.2 Å². The number of hydrogen-bond donors (Lipinski definition) is 2. The first-order valence-electron chi connectivity index (χ1n) is 6.26. The van der Waals surface area contributed by atoms with Crippen molar-refractivity contribution >= 4 is 28.9 Å². The van der Waals surface area contributed by atoms with Crippen LogP contribution in [0.2, 0.25) is 0 Å². The molecule has 0 unspecified atom stereocenters.